The molecule has 4 nitrogen and oxygen atoms in total. The monoisotopic (exact) mass is 249 g/mol. The molecule has 0 aliphatic rings. The van der Waals surface area contributed by atoms with E-state index in [0.717, 1.165) is 19.6 Å². The van der Waals surface area contributed by atoms with Crippen molar-refractivity contribution < 1.29 is 0 Å². The van der Waals surface area contributed by atoms with Crippen molar-refractivity contribution in [2.45, 2.75) is 20.8 Å². The maximum absolute atomic E-state index is 2.49. The lowest BCUT2D eigenvalue weighted by molar-refractivity contribution is 0.332. The minimum Gasteiger partial charge on any atom is -0.139 e. The Morgan fingerprint density at radius 1 is 0.625 bits per heavy atom. The molecule has 0 aliphatic heterocycles. The van der Waals surface area contributed by atoms with Crippen molar-refractivity contribution >= 4 is 7.87 Å². The third kappa shape index (κ3) is 2.74. The summed E-state index contributed by atoms with van der Waals surface area (Å²) in [6.07, 6.45) is 0. The van der Waals surface area contributed by atoms with Crippen LogP contribution >= 0.6 is 7.87 Å². The topological polar surface area (TPSA) is 13.0 Å². The third-order valence-electron chi connectivity index (χ3n) is 3.28. The highest BCUT2D eigenvalue weighted by Gasteiger charge is 2.53. The molecule has 0 spiro atoms. The zero-order valence-corrected chi connectivity index (χ0v) is 13.3. The normalized spacial score (nSPS) is 13.5. The molecule has 0 radical (unpaired) electrons. The van der Waals surface area contributed by atoms with E-state index in [1.165, 1.54) is 0 Å². The fourth-order valence-electron chi connectivity index (χ4n) is 2.27. The summed E-state index contributed by atoms with van der Waals surface area (Å²) in [5.74, 6) is 0. The lowest BCUT2D eigenvalue weighted by Gasteiger charge is -2.45. The molecule has 0 amide bonds. The fourth-order valence-corrected chi connectivity index (χ4v) is 6.80. The van der Waals surface area contributed by atoms with Gasteiger partial charge in [0, 0.05) is 54.9 Å². The van der Waals surface area contributed by atoms with Gasteiger partial charge < -0.3 is 0 Å². The van der Waals surface area contributed by atoms with Crippen LogP contribution < -0.4 is 0 Å². The number of rotatable bonds is 7. The fraction of sp³-hybridized carbons (Fsp3) is 1.00. The Kier molecular flexibility index (Phi) is 6.99. The van der Waals surface area contributed by atoms with E-state index in [4.69, 9.17) is 0 Å². The van der Waals surface area contributed by atoms with Crippen LogP contribution in [0.2, 0.25) is 0 Å². The van der Waals surface area contributed by atoms with Crippen molar-refractivity contribution in [3.05, 3.63) is 0 Å². The molecule has 0 aromatic carbocycles. The maximum Gasteiger partial charge on any atom is 0.307 e. The molecule has 0 aromatic heterocycles. The second-order valence-electron chi connectivity index (χ2n) is 4.31. The highest BCUT2D eigenvalue weighted by molar-refractivity contribution is 7.66. The van der Waals surface area contributed by atoms with E-state index >= 15 is 0 Å². The van der Waals surface area contributed by atoms with Gasteiger partial charge in [-0.3, -0.25) is 0 Å². The molecule has 0 saturated carbocycles. The molecule has 0 rings (SSSR count). The Bertz CT molecular complexity index is 172. The van der Waals surface area contributed by atoms with E-state index in [2.05, 4.69) is 74.7 Å². The SMILES string of the molecule is CCN(C)[P+](N(C)C)(N(C)CC)N(C)CC. The molecule has 0 unspecified atom stereocenters. The van der Waals surface area contributed by atoms with Crippen LogP contribution in [0.4, 0.5) is 0 Å². The van der Waals surface area contributed by atoms with Gasteiger partial charge in [-0.15, -0.1) is 18.7 Å². The summed E-state index contributed by atoms with van der Waals surface area (Å²) in [7, 11) is 9.56. The van der Waals surface area contributed by atoms with Crippen LogP contribution in [0, 0.1) is 0 Å². The summed E-state index contributed by atoms with van der Waals surface area (Å²) < 4.78 is 9.85. The zero-order chi connectivity index (χ0) is 12.9. The van der Waals surface area contributed by atoms with Crippen molar-refractivity contribution in [3.63, 3.8) is 0 Å². The Labute approximate surface area is 103 Å². The maximum atomic E-state index is 2.49. The number of hydrogen-bond donors (Lipinski definition) is 0. The van der Waals surface area contributed by atoms with Gasteiger partial charge in [-0.1, -0.05) is 0 Å². The summed E-state index contributed by atoms with van der Waals surface area (Å²) >= 11 is 0. The van der Waals surface area contributed by atoms with Gasteiger partial charge in [-0.05, 0) is 20.8 Å². The first kappa shape index (κ1) is 16.3. The Morgan fingerprint density at radius 3 is 1.00 bits per heavy atom. The van der Waals surface area contributed by atoms with E-state index in [-0.39, 0.29) is 0 Å². The molecule has 0 bridgehead atoms. The largest absolute Gasteiger partial charge is 0.307 e. The summed E-state index contributed by atoms with van der Waals surface area (Å²) in [6, 6.07) is 0. The van der Waals surface area contributed by atoms with Gasteiger partial charge in [0.1, 0.15) is 0 Å². The summed E-state index contributed by atoms with van der Waals surface area (Å²) in [5, 5.41) is 0. The van der Waals surface area contributed by atoms with Gasteiger partial charge >= 0.3 is 7.87 Å². The van der Waals surface area contributed by atoms with Crippen LogP contribution in [-0.2, 0) is 0 Å². The van der Waals surface area contributed by atoms with Gasteiger partial charge in [0.15, 0.2) is 0 Å². The molecule has 0 fully saturated rings. The van der Waals surface area contributed by atoms with Gasteiger partial charge in [0.25, 0.3) is 0 Å². The lowest BCUT2D eigenvalue weighted by atomic mass is 10.8. The van der Waals surface area contributed by atoms with Crippen molar-refractivity contribution in [2.75, 3.05) is 54.9 Å². The third-order valence-corrected chi connectivity index (χ3v) is 7.95. The predicted octanol–water partition coefficient (Wildman–Crippen LogP) is 2.08. The molecule has 0 aromatic rings. The predicted molar refractivity (Wildman–Crippen MR) is 75.5 cm³/mol. The average Bonchev–Trinajstić information content (AvgIpc) is 2.28. The smallest absolute Gasteiger partial charge is 0.139 e. The van der Waals surface area contributed by atoms with Gasteiger partial charge in [0.05, 0.1) is 0 Å². The van der Waals surface area contributed by atoms with Crippen molar-refractivity contribution in [3.8, 4) is 0 Å². The Hall–Kier alpha value is 0.270. The minimum absolute atomic E-state index is 1.07. The minimum atomic E-state index is -1.51. The first-order valence-corrected chi connectivity index (χ1v) is 7.71. The van der Waals surface area contributed by atoms with E-state index in [9.17, 15) is 0 Å². The quantitative estimate of drug-likeness (QED) is 0.640. The molecule has 5 heteroatoms. The van der Waals surface area contributed by atoms with Crippen LogP contribution in [0.5, 0.6) is 0 Å². The first-order chi connectivity index (χ1) is 7.39. The standard InChI is InChI=1S/C11H30N4P/c1-9-13(6)16(12(4)5,14(7)10-2)15(8)11-3/h9-11H2,1-8H3/q+1. The zero-order valence-electron chi connectivity index (χ0n) is 12.4. The molecule has 16 heavy (non-hydrogen) atoms. The van der Waals surface area contributed by atoms with E-state index in [1.54, 1.807) is 0 Å². The highest BCUT2D eigenvalue weighted by Crippen LogP contribution is 2.66. The second kappa shape index (κ2) is 6.87. The van der Waals surface area contributed by atoms with Gasteiger partial charge in [-0.2, -0.15) is 0 Å². The van der Waals surface area contributed by atoms with Crippen LogP contribution in [0.1, 0.15) is 20.8 Å². The van der Waals surface area contributed by atoms with Crippen LogP contribution in [-0.4, -0.2) is 73.6 Å². The molecule has 0 saturated heterocycles. The first-order valence-electron chi connectivity index (χ1n) is 6.11. The van der Waals surface area contributed by atoms with Gasteiger partial charge in [-0.25, -0.2) is 0 Å². The van der Waals surface area contributed by atoms with Crippen LogP contribution in [0.15, 0.2) is 0 Å². The van der Waals surface area contributed by atoms with Crippen molar-refractivity contribution in [2.24, 2.45) is 0 Å². The van der Waals surface area contributed by atoms with Gasteiger partial charge in [0.2, 0.25) is 0 Å². The van der Waals surface area contributed by atoms with Crippen LogP contribution in [0.25, 0.3) is 0 Å². The summed E-state index contributed by atoms with van der Waals surface area (Å²) in [4.78, 5) is 0. The molecule has 98 valence electrons. The lowest BCUT2D eigenvalue weighted by Crippen LogP contribution is -2.47. The number of nitrogens with zero attached hydrogens (tertiary/aromatic N) is 4. The Balaban J connectivity index is 5.38. The second-order valence-corrected chi connectivity index (χ2v) is 8.23. The number of hydrogen-bond acceptors (Lipinski definition) is 4. The van der Waals surface area contributed by atoms with E-state index in [1.807, 2.05) is 0 Å². The molecule has 0 N–H and O–H groups in total. The molecular formula is C11H30N4P+. The van der Waals surface area contributed by atoms with E-state index < -0.39 is 7.87 Å². The summed E-state index contributed by atoms with van der Waals surface area (Å²) in [5.41, 5.74) is 0. The van der Waals surface area contributed by atoms with Crippen molar-refractivity contribution in [1.29, 1.82) is 0 Å². The highest BCUT2D eigenvalue weighted by atomic mass is 31.2. The Morgan fingerprint density at radius 2 is 0.875 bits per heavy atom. The average molecular weight is 249 g/mol. The van der Waals surface area contributed by atoms with Crippen molar-refractivity contribution in [1.82, 2.24) is 18.7 Å². The molecular weight excluding hydrogens is 219 g/mol. The molecule has 0 heterocycles. The molecule has 0 aliphatic carbocycles. The van der Waals surface area contributed by atoms with E-state index in [0.29, 0.717) is 0 Å². The molecule has 0 atom stereocenters. The van der Waals surface area contributed by atoms with Crippen LogP contribution in [0.3, 0.4) is 0 Å². The summed E-state index contributed by atoms with van der Waals surface area (Å²) in [6.45, 7) is 9.89.